The quantitative estimate of drug-likeness (QED) is 0.129. The summed E-state index contributed by atoms with van der Waals surface area (Å²) in [5.74, 6) is -13.5. The Morgan fingerprint density at radius 3 is 1.89 bits per heavy atom. The highest BCUT2D eigenvalue weighted by Crippen LogP contribution is 2.24. The molecule has 0 aliphatic rings. The van der Waals surface area contributed by atoms with E-state index in [1.165, 1.54) is 20.8 Å². The van der Waals surface area contributed by atoms with Gasteiger partial charge in [-0.15, -0.1) is 0 Å². The van der Waals surface area contributed by atoms with Crippen LogP contribution in [-0.4, -0.2) is 53.3 Å². The first kappa shape index (κ1) is 30.4. The highest BCUT2D eigenvalue weighted by atomic mass is 19.2. The van der Waals surface area contributed by atoms with Crippen LogP contribution in [0.3, 0.4) is 0 Å². The van der Waals surface area contributed by atoms with Gasteiger partial charge in [-0.2, -0.15) is 0 Å². The van der Waals surface area contributed by atoms with Gasteiger partial charge in [0.05, 0.1) is 0 Å². The molecule has 1 aromatic rings. The molecule has 0 spiro atoms. The highest BCUT2D eigenvalue weighted by molar-refractivity contribution is 5.91. The number of hydrogen-bond donors (Lipinski definition) is 5. The van der Waals surface area contributed by atoms with Crippen LogP contribution in [0.5, 0.6) is 0 Å². The van der Waals surface area contributed by atoms with E-state index in [2.05, 4.69) is 10.6 Å². The molecule has 0 fully saturated rings. The van der Waals surface area contributed by atoms with Crippen molar-refractivity contribution in [2.24, 2.45) is 5.73 Å². The molecule has 10 nitrogen and oxygen atoms in total. The monoisotopic (exact) mass is 526 g/mol. The molecular formula is C21H27F5N4O6. The van der Waals surface area contributed by atoms with Gasteiger partial charge in [0.25, 0.3) is 0 Å². The second kappa shape index (κ2) is 12.9. The van der Waals surface area contributed by atoms with Gasteiger partial charge in [-0.3, -0.25) is 9.59 Å². The van der Waals surface area contributed by atoms with Crippen molar-refractivity contribution in [1.29, 1.82) is 0 Å². The topological polar surface area (TPSA) is 160 Å². The maximum absolute atomic E-state index is 14.2. The molecule has 0 saturated heterocycles. The fraction of sp³-hybridized carbons (Fsp3) is 0.524. The average molecular weight is 526 g/mol. The van der Waals surface area contributed by atoms with Gasteiger partial charge in [0, 0.05) is 18.5 Å². The Morgan fingerprint density at radius 1 is 0.889 bits per heavy atom. The zero-order valence-electron chi connectivity index (χ0n) is 19.6. The summed E-state index contributed by atoms with van der Waals surface area (Å²) < 4.78 is 74.0. The summed E-state index contributed by atoms with van der Waals surface area (Å²) >= 11 is 0. The van der Waals surface area contributed by atoms with E-state index < -0.39 is 82.8 Å². The largest absolute Gasteiger partial charge is 0.465 e. The number of alkyl carbamates (subject to hydrolysis) is 1. The van der Waals surface area contributed by atoms with E-state index in [-0.39, 0.29) is 25.8 Å². The van der Waals surface area contributed by atoms with Gasteiger partial charge in [-0.25, -0.2) is 31.5 Å². The van der Waals surface area contributed by atoms with E-state index in [4.69, 9.17) is 15.6 Å². The Balaban J connectivity index is 3.15. The average Bonchev–Trinajstić information content (AvgIpc) is 2.75. The lowest BCUT2D eigenvalue weighted by Gasteiger charge is -2.25. The van der Waals surface area contributed by atoms with E-state index in [0.29, 0.717) is 0 Å². The molecule has 15 heteroatoms. The second-order valence-electron chi connectivity index (χ2n) is 8.64. The fourth-order valence-electron chi connectivity index (χ4n) is 2.92. The number of carbonyl (C=O) groups excluding carboxylic acids is 3. The summed E-state index contributed by atoms with van der Waals surface area (Å²) in [5.41, 5.74) is 2.80. The van der Waals surface area contributed by atoms with Gasteiger partial charge in [-0.1, -0.05) is 0 Å². The van der Waals surface area contributed by atoms with Gasteiger partial charge < -0.3 is 31.5 Å². The lowest BCUT2D eigenvalue weighted by Crippen LogP contribution is -2.54. The van der Waals surface area contributed by atoms with Crippen LogP contribution < -0.4 is 21.7 Å². The molecular weight excluding hydrogens is 499 g/mol. The van der Waals surface area contributed by atoms with Crippen LogP contribution in [0.25, 0.3) is 0 Å². The van der Waals surface area contributed by atoms with Crippen LogP contribution in [0.2, 0.25) is 0 Å². The highest BCUT2D eigenvalue weighted by Gasteiger charge is 2.32. The number of hydrogen-bond acceptors (Lipinski definition) is 5. The summed E-state index contributed by atoms with van der Waals surface area (Å²) in [4.78, 5) is 47.2. The summed E-state index contributed by atoms with van der Waals surface area (Å²) in [7, 11) is 0. The molecule has 202 valence electrons. The zero-order valence-corrected chi connectivity index (χ0v) is 19.6. The predicted molar refractivity (Wildman–Crippen MR) is 114 cm³/mol. The third-order valence-electron chi connectivity index (χ3n) is 4.57. The normalized spacial score (nSPS) is 12.9. The molecule has 0 radical (unpaired) electrons. The molecule has 0 bridgehead atoms. The molecule has 2 unspecified atom stereocenters. The van der Waals surface area contributed by atoms with E-state index in [1.807, 2.05) is 5.32 Å². The van der Waals surface area contributed by atoms with Crippen LogP contribution in [0.1, 0.15) is 45.6 Å². The number of unbranched alkanes of at least 4 members (excludes halogenated alkanes) is 1. The number of rotatable bonds is 11. The maximum Gasteiger partial charge on any atom is 0.408 e. The van der Waals surface area contributed by atoms with Gasteiger partial charge >= 0.3 is 12.2 Å². The number of halogens is 5. The minimum atomic E-state index is -2.40. The first-order valence-electron chi connectivity index (χ1n) is 10.6. The predicted octanol–water partition coefficient (Wildman–Crippen LogP) is 2.23. The third-order valence-corrected chi connectivity index (χ3v) is 4.57. The molecule has 0 aliphatic carbocycles. The Morgan fingerprint density at radius 2 is 1.42 bits per heavy atom. The molecule has 1 aromatic carbocycles. The van der Waals surface area contributed by atoms with Crippen molar-refractivity contribution < 1.29 is 51.0 Å². The van der Waals surface area contributed by atoms with Crippen LogP contribution in [0.15, 0.2) is 0 Å². The lowest BCUT2D eigenvalue weighted by atomic mass is 10.0. The summed E-state index contributed by atoms with van der Waals surface area (Å²) in [6.45, 7) is 4.44. The van der Waals surface area contributed by atoms with Crippen LogP contribution in [-0.2, 0) is 20.7 Å². The first-order chi connectivity index (χ1) is 16.5. The summed E-state index contributed by atoms with van der Waals surface area (Å²) in [6.07, 6.45) is -3.32. The van der Waals surface area contributed by atoms with Crippen LogP contribution >= 0.6 is 0 Å². The standard InChI is InChI=1S/C21H27F5N4O6/c1-21(2,3)36-20(35)30-11(8-9-12(22)14(24)16(26)15(25)13(9)23)18(32)29-10(17(27)31)6-4-5-7-28-19(33)34/h10-11,28H,4-8H2,1-3H3,(H2,27,31)(H,29,32)(H,30,35)(H,33,34). The smallest absolute Gasteiger partial charge is 0.408 e. The molecule has 6 N–H and O–H groups in total. The van der Waals surface area contributed by atoms with Gasteiger partial charge in [0.15, 0.2) is 23.3 Å². The van der Waals surface area contributed by atoms with Crippen molar-refractivity contribution in [2.75, 3.05) is 6.54 Å². The van der Waals surface area contributed by atoms with Crippen LogP contribution in [0, 0.1) is 29.1 Å². The molecule has 2 atom stereocenters. The minimum absolute atomic E-state index is 0.0395. The van der Waals surface area contributed by atoms with Gasteiger partial charge in [-0.05, 0) is 40.0 Å². The van der Waals surface area contributed by atoms with E-state index >= 15 is 0 Å². The molecule has 0 heterocycles. The molecule has 0 saturated carbocycles. The van der Waals surface area contributed by atoms with Crippen molar-refractivity contribution in [1.82, 2.24) is 16.0 Å². The van der Waals surface area contributed by atoms with E-state index in [9.17, 15) is 41.1 Å². The van der Waals surface area contributed by atoms with Crippen molar-refractivity contribution in [2.45, 2.75) is 64.1 Å². The minimum Gasteiger partial charge on any atom is -0.465 e. The van der Waals surface area contributed by atoms with Crippen molar-refractivity contribution in [3.05, 3.63) is 34.6 Å². The molecule has 4 amide bonds. The summed E-state index contributed by atoms with van der Waals surface area (Å²) in [5, 5.41) is 14.8. The number of nitrogens with one attached hydrogen (secondary N) is 3. The summed E-state index contributed by atoms with van der Waals surface area (Å²) in [6, 6.07) is -3.30. The second-order valence-corrected chi connectivity index (χ2v) is 8.64. The zero-order chi connectivity index (χ0) is 27.8. The van der Waals surface area contributed by atoms with Crippen molar-refractivity contribution >= 4 is 24.0 Å². The van der Waals surface area contributed by atoms with Gasteiger partial charge in [0.1, 0.15) is 17.7 Å². The number of benzene rings is 1. The molecule has 0 aliphatic heterocycles. The number of carbonyl (C=O) groups is 4. The van der Waals surface area contributed by atoms with Crippen molar-refractivity contribution in [3.8, 4) is 0 Å². The third kappa shape index (κ3) is 9.19. The Kier molecular flexibility index (Phi) is 10.9. The SMILES string of the molecule is CC(C)(C)OC(=O)NC(Cc1c(F)c(F)c(F)c(F)c1F)C(=O)NC(CCCCNC(=O)O)C(N)=O. The first-order valence-corrected chi connectivity index (χ1v) is 10.6. The van der Waals surface area contributed by atoms with Crippen LogP contribution in [0.4, 0.5) is 31.5 Å². The molecule has 36 heavy (non-hydrogen) atoms. The van der Waals surface area contributed by atoms with E-state index in [1.54, 1.807) is 0 Å². The van der Waals surface area contributed by atoms with Gasteiger partial charge in [0.2, 0.25) is 17.6 Å². The Bertz CT molecular complexity index is 973. The number of nitrogens with two attached hydrogens (primary N) is 1. The number of amides is 4. The lowest BCUT2D eigenvalue weighted by molar-refractivity contribution is -0.128. The number of ether oxygens (including phenoxy) is 1. The molecule has 0 aromatic heterocycles. The van der Waals surface area contributed by atoms with E-state index in [0.717, 1.165) is 0 Å². The molecule has 1 rings (SSSR count). The van der Waals surface area contributed by atoms with Crippen molar-refractivity contribution in [3.63, 3.8) is 0 Å². The number of primary amides is 1. The number of carboxylic acid groups (broad SMARTS) is 1. The Hall–Kier alpha value is -3.65. The fourth-order valence-corrected chi connectivity index (χ4v) is 2.92. The maximum atomic E-state index is 14.2. The Labute approximate surface area is 202 Å².